The minimum Gasteiger partial charge on any atom is -0.321 e. The first kappa shape index (κ1) is 15.3. The van der Waals surface area contributed by atoms with Crippen LogP contribution in [-0.4, -0.2) is 53.1 Å². The van der Waals surface area contributed by atoms with Crippen LogP contribution in [0.2, 0.25) is 0 Å². The Labute approximate surface area is 129 Å². The third-order valence-corrected chi connectivity index (χ3v) is 5.93. The first-order valence-electron chi connectivity index (χ1n) is 8.99. The van der Waals surface area contributed by atoms with E-state index in [1.54, 1.807) is 0 Å². The van der Waals surface area contributed by atoms with Gasteiger partial charge in [-0.25, -0.2) is 0 Å². The number of carbonyl (C=O) groups excluding carboxylic acids is 1. The topological polar surface area (TPSA) is 35.6 Å². The molecular formula is C17H31N3O. The van der Waals surface area contributed by atoms with Crippen LogP contribution in [0.4, 0.5) is 0 Å². The van der Waals surface area contributed by atoms with Crippen molar-refractivity contribution < 1.29 is 4.79 Å². The molecule has 0 aliphatic carbocycles. The van der Waals surface area contributed by atoms with Crippen molar-refractivity contribution in [3.05, 3.63) is 0 Å². The summed E-state index contributed by atoms with van der Waals surface area (Å²) in [5.41, 5.74) is 0. The Balaban J connectivity index is 1.79. The van der Waals surface area contributed by atoms with E-state index in [1.165, 1.54) is 32.4 Å². The smallest absolute Gasteiger partial charge is 0.241 e. The lowest BCUT2D eigenvalue weighted by molar-refractivity contribution is -0.133. The molecule has 0 bridgehead atoms. The lowest BCUT2D eigenvalue weighted by Crippen LogP contribution is -2.49. The number of nitrogens with one attached hydrogen (secondary N) is 1. The van der Waals surface area contributed by atoms with Crippen LogP contribution in [0, 0.1) is 5.92 Å². The van der Waals surface area contributed by atoms with Gasteiger partial charge in [0.15, 0.2) is 0 Å². The van der Waals surface area contributed by atoms with Crippen molar-refractivity contribution in [2.24, 2.45) is 5.92 Å². The molecule has 1 N–H and O–H groups in total. The van der Waals surface area contributed by atoms with Gasteiger partial charge in [0.1, 0.15) is 0 Å². The molecule has 120 valence electrons. The van der Waals surface area contributed by atoms with Crippen LogP contribution in [0.3, 0.4) is 0 Å². The summed E-state index contributed by atoms with van der Waals surface area (Å²) in [4.78, 5) is 17.9. The first-order chi connectivity index (χ1) is 10.2. The van der Waals surface area contributed by atoms with Gasteiger partial charge in [0.05, 0.1) is 18.2 Å². The van der Waals surface area contributed by atoms with Crippen LogP contribution in [0.5, 0.6) is 0 Å². The Morgan fingerprint density at radius 3 is 2.76 bits per heavy atom. The average Bonchev–Trinajstić information content (AvgIpc) is 3.14. The molecule has 3 aliphatic rings. The number of fused-ring (bicyclic) bond motifs is 1. The summed E-state index contributed by atoms with van der Waals surface area (Å²) in [6.07, 6.45) is 7.32. The van der Waals surface area contributed by atoms with E-state index in [2.05, 4.69) is 35.9 Å². The van der Waals surface area contributed by atoms with Gasteiger partial charge in [-0.1, -0.05) is 33.6 Å². The predicted octanol–water partition coefficient (Wildman–Crippen LogP) is 2.20. The third-order valence-electron chi connectivity index (χ3n) is 5.93. The van der Waals surface area contributed by atoms with E-state index in [4.69, 9.17) is 0 Å². The van der Waals surface area contributed by atoms with E-state index in [9.17, 15) is 4.79 Å². The number of hydrogen-bond acceptors (Lipinski definition) is 3. The second-order valence-electron chi connectivity index (χ2n) is 7.18. The Kier molecular flexibility index (Phi) is 4.55. The van der Waals surface area contributed by atoms with Gasteiger partial charge < -0.3 is 4.90 Å². The summed E-state index contributed by atoms with van der Waals surface area (Å²) in [7, 11) is 0. The number of amides is 1. The molecule has 5 unspecified atom stereocenters. The summed E-state index contributed by atoms with van der Waals surface area (Å²) in [5.74, 6) is 0.810. The fourth-order valence-electron chi connectivity index (χ4n) is 4.59. The molecule has 3 aliphatic heterocycles. The molecule has 1 amide bonds. The van der Waals surface area contributed by atoms with Gasteiger partial charge in [0.2, 0.25) is 5.91 Å². The first-order valence-corrected chi connectivity index (χ1v) is 8.99. The van der Waals surface area contributed by atoms with Crippen LogP contribution < -0.4 is 5.32 Å². The van der Waals surface area contributed by atoms with Gasteiger partial charge in [-0.3, -0.25) is 15.0 Å². The molecular weight excluding hydrogens is 262 g/mol. The summed E-state index contributed by atoms with van der Waals surface area (Å²) in [5, 5.41) is 3.66. The van der Waals surface area contributed by atoms with Gasteiger partial charge in [-0.15, -0.1) is 0 Å². The standard InChI is InChI=1S/C17H31N3O/c1-4-7-15-18-16(12(3)5-2)17(21)20(15)14-9-11-19-10-6-8-13(14)19/h12-16,18H,4-11H2,1-3H3. The molecule has 4 nitrogen and oxygen atoms in total. The highest BCUT2D eigenvalue weighted by atomic mass is 16.2. The van der Waals surface area contributed by atoms with Gasteiger partial charge in [0, 0.05) is 12.6 Å². The molecule has 0 spiro atoms. The maximum absolute atomic E-state index is 13.0. The fraction of sp³-hybridized carbons (Fsp3) is 0.941. The van der Waals surface area contributed by atoms with Crippen LogP contribution >= 0.6 is 0 Å². The highest BCUT2D eigenvalue weighted by Crippen LogP contribution is 2.35. The Morgan fingerprint density at radius 2 is 2.05 bits per heavy atom. The van der Waals surface area contributed by atoms with E-state index in [1.807, 2.05) is 0 Å². The van der Waals surface area contributed by atoms with E-state index in [0.717, 1.165) is 19.3 Å². The average molecular weight is 293 g/mol. The second kappa shape index (κ2) is 6.25. The van der Waals surface area contributed by atoms with Gasteiger partial charge in [-0.05, 0) is 38.1 Å². The fourth-order valence-corrected chi connectivity index (χ4v) is 4.59. The number of carbonyl (C=O) groups is 1. The molecule has 3 saturated heterocycles. The van der Waals surface area contributed by atoms with Gasteiger partial charge in [-0.2, -0.15) is 0 Å². The molecule has 4 heteroatoms. The Hall–Kier alpha value is -0.610. The molecule has 21 heavy (non-hydrogen) atoms. The van der Waals surface area contributed by atoms with Crippen molar-refractivity contribution in [3.8, 4) is 0 Å². The molecule has 0 saturated carbocycles. The van der Waals surface area contributed by atoms with Crippen molar-refractivity contribution >= 4 is 5.91 Å². The SMILES string of the molecule is CCCC1NC(C(C)CC)C(=O)N1C1CCN2CCCC12. The maximum atomic E-state index is 13.0. The number of nitrogens with zero attached hydrogens (tertiary/aromatic N) is 2. The summed E-state index contributed by atoms with van der Waals surface area (Å²) in [6.45, 7) is 9.04. The monoisotopic (exact) mass is 293 g/mol. The highest BCUT2D eigenvalue weighted by Gasteiger charge is 2.49. The lowest BCUT2D eigenvalue weighted by Gasteiger charge is -2.34. The van der Waals surface area contributed by atoms with Crippen molar-refractivity contribution in [1.82, 2.24) is 15.1 Å². The number of hydrogen-bond donors (Lipinski definition) is 1. The third kappa shape index (κ3) is 2.61. The maximum Gasteiger partial charge on any atom is 0.241 e. The molecule has 3 fully saturated rings. The summed E-state index contributed by atoms with van der Waals surface area (Å²) < 4.78 is 0. The summed E-state index contributed by atoms with van der Waals surface area (Å²) >= 11 is 0. The van der Waals surface area contributed by atoms with E-state index in [-0.39, 0.29) is 12.2 Å². The quantitative estimate of drug-likeness (QED) is 0.844. The minimum atomic E-state index is 0.0435. The summed E-state index contributed by atoms with van der Waals surface area (Å²) in [6, 6.07) is 1.13. The van der Waals surface area contributed by atoms with E-state index < -0.39 is 0 Å². The zero-order valence-corrected chi connectivity index (χ0v) is 13.8. The second-order valence-corrected chi connectivity index (χ2v) is 7.18. The molecule has 5 atom stereocenters. The van der Waals surface area contributed by atoms with Gasteiger partial charge in [0.25, 0.3) is 0 Å². The number of rotatable bonds is 5. The normalized spacial score (nSPS) is 38.2. The van der Waals surface area contributed by atoms with Crippen molar-refractivity contribution in [2.45, 2.75) is 83.6 Å². The lowest BCUT2D eigenvalue weighted by atomic mass is 9.98. The largest absolute Gasteiger partial charge is 0.321 e. The van der Waals surface area contributed by atoms with Crippen LogP contribution in [-0.2, 0) is 4.79 Å². The molecule has 0 aromatic rings. The van der Waals surface area contributed by atoms with Gasteiger partial charge >= 0.3 is 0 Å². The van der Waals surface area contributed by atoms with Crippen molar-refractivity contribution in [1.29, 1.82) is 0 Å². The Bertz CT molecular complexity index is 386. The van der Waals surface area contributed by atoms with E-state index >= 15 is 0 Å². The minimum absolute atomic E-state index is 0.0435. The predicted molar refractivity (Wildman–Crippen MR) is 84.9 cm³/mol. The Morgan fingerprint density at radius 1 is 1.24 bits per heavy atom. The van der Waals surface area contributed by atoms with Crippen LogP contribution in [0.25, 0.3) is 0 Å². The van der Waals surface area contributed by atoms with Crippen LogP contribution in [0.1, 0.15) is 59.3 Å². The molecule has 3 rings (SSSR count). The van der Waals surface area contributed by atoms with Crippen LogP contribution in [0.15, 0.2) is 0 Å². The van der Waals surface area contributed by atoms with E-state index in [0.29, 0.717) is 23.9 Å². The highest BCUT2D eigenvalue weighted by molar-refractivity contribution is 5.85. The van der Waals surface area contributed by atoms with Crippen molar-refractivity contribution in [3.63, 3.8) is 0 Å². The zero-order chi connectivity index (χ0) is 15.0. The molecule has 0 radical (unpaired) electrons. The zero-order valence-electron chi connectivity index (χ0n) is 13.8. The molecule has 0 aromatic carbocycles. The van der Waals surface area contributed by atoms with Crippen molar-refractivity contribution in [2.75, 3.05) is 13.1 Å². The molecule has 3 heterocycles. The molecule has 0 aromatic heterocycles.